The number of rotatable bonds is 4. The van der Waals surface area contributed by atoms with Gasteiger partial charge in [-0.15, -0.1) is 0 Å². The second-order valence-corrected chi connectivity index (χ2v) is 10.0. The standard InChI is InChI=1S/C23H24FN3O3S/c1-15-13-19(16(2)27(15)21-8-6-5-7-20(21)24)23(28)26-12-11-17-9-10-18(14-22(17)26)31(29,30)25(3)4/h5-10,13-14H,11-12H2,1-4H3. The lowest BCUT2D eigenvalue weighted by Gasteiger charge is -2.19. The minimum absolute atomic E-state index is 0.146. The van der Waals surface area contributed by atoms with Crippen LogP contribution >= 0.6 is 0 Å². The highest BCUT2D eigenvalue weighted by atomic mass is 32.2. The van der Waals surface area contributed by atoms with Gasteiger partial charge in [0, 0.05) is 37.7 Å². The summed E-state index contributed by atoms with van der Waals surface area (Å²) in [6.07, 6.45) is 0.648. The van der Waals surface area contributed by atoms with Crippen LogP contribution in [0.3, 0.4) is 0 Å². The van der Waals surface area contributed by atoms with Gasteiger partial charge in [-0.05, 0) is 56.2 Å². The summed E-state index contributed by atoms with van der Waals surface area (Å²) in [6.45, 7) is 4.08. The number of para-hydroxylation sites is 1. The molecule has 0 bridgehead atoms. The van der Waals surface area contributed by atoms with Gasteiger partial charge in [-0.3, -0.25) is 4.79 Å². The molecule has 6 nitrogen and oxygen atoms in total. The number of aromatic nitrogens is 1. The fourth-order valence-corrected chi connectivity index (χ4v) is 4.99. The molecule has 1 aliphatic rings. The molecule has 162 valence electrons. The monoisotopic (exact) mass is 441 g/mol. The van der Waals surface area contributed by atoms with Crippen molar-refractivity contribution in [2.75, 3.05) is 25.5 Å². The molecule has 2 aromatic carbocycles. The lowest BCUT2D eigenvalue weighted by Crippen LogP contribution is -2.29. The van der Waals surface area contributed by atoms with Crippen molar-refractivity contribution in [2.24, 2.45) is 0 Å². The van der Waals surface area contributed by atoms with E-state index in [4.69, 9.17) is 0 Å². The van der Waals surface area contributed by atoms with Crippen LogP contribution < -0.4 is 4.90 Å². The van der Waals surface area contributed by atoms with Crippen molar-refractivity contribution in [1.29, 1.82) is 0 Å². The van der Waals surface area contributed by atoms with E-state index in [1.165, 1.54) is 20.2 Å². The first-order valence-corrected chi connectivity index (χ1v) is 11.4. The molecule has 1 amide bonds. The molecule has 0 atom stereocenters. The molecule has 8 heteroatoms. The van der Waals surface area contributed by atoms with Crippen molar-refractivity contribution in [3.05, 3.63) is 76.9 Å². The molecule has 2 heterocycles. The molecular formula is C23H24FN3O3S. The third kappa shape index (κ3) is 3.45. The molecule has 1 aliphatic heterocycles. The Hall–Kier alpha value is -2.97. The van der Waals surface area contributed by atoms with Crippen LogP contribution in [0.2, 0.25) is 0 Å². The fraction of sp³-hybridized carbons (Fsp3) is 0.261. The van der Waals surface area contributed by atoms with Gasteiger partial charge in [0.25, 0.3) is 5.91 Å². The van der Waals surface area contributed by atoms with Gasteiger partial charge in [0.05, 0.1) is 16.1 Å². The predicted octanol–water partition coefficient (Wildman–Crippen LogP) is 3.69. The number of aryl methyl sites for hydroxylation is 1. The molecule has 0 radical (unpaired) electrons. The molecule has 1 aromatic heterocycles. The number of hydrogen-bond donors (Lipinski definition) is 0. The van der Waals surface area contributed by atoms with Crippen molar-refractivity contribution < 1.29 is 17.6 Å². The van der Waals surface area contributed by atoms with Crippen molar-refractivity contribution in [3.8, 4) is 5.69 Å². The number of halogens is 1. The summed E-state index contributed by atoms with van der Waals surface area (Å²) < 4.78 is 42.4. The van der Waals surface area contributed by atoms with E-state index in [1.54, 1.807) is 58.9 Å². The van der Waals surface area contributed by atoms with E-state index < -0.39 is 10.0 Å². The van der Waals surface area contributed by atoms with E-state index in [0.29, 0.717) is 35.6 Å². The smallest absolute Gasteiger partial charge is 0.260 e. The first-order chi connectivity index (χ1) is 14.6. The number of amides is 1. The van der Waals surface area contributed by atoms with E-state index in [-0.39, 0.29) is 16.6 Å². The minimum atomic E-state index is -3.61. The van der Waals surface area contributed by atoms with Gasteiger partial charge in [0.2, 0.25) is 10.0 Å². The average Bonchev–Trinajstić information content (AvgIpc) is 3.28. The molecule has 31 heavy (non-hydrogen) atoms. The van der Waals surface area contributed by atoms with Gasteiger partial charge in [0.1, 0.15) is 5.82 Å². The second-order valence-electron chi connectivity index (χ2n) is 7.86. The summed E-state index contributed by atoms with van der Waals surface area (Å²) in [5.41, 5.74) is 3.76. The highest BCUT2D eigenvalue weighted by Gasteiger charge is 2.30. The summed E-state index contributed by atoms with van der Waals surface area (Å²) in [5, 5.41) is 0. The van der Waals surface area contributed by atoms with Crippen molar-refractivity contribution in [3.63, 3.8) is 0 Å². The van der Waals surface area contributed by atoms with E-state index in [1.807, 2.05) is 6.92 Å². The molecule has 0 N–H and O–H groups in total. The molecule has 0 aliphatic carbocycles. The first-order valence-electron chi connectivity index (χ1n) is 9.94. The zero-order chi connectivity index (χ0) is 22.5. The van der Waals surface area contributed by atoms with E-state index in [9.17, 15) is 17.6 Å². The van der Waals surface area contributed by atoms with Crippen LogP contribution in [0.25, 0.3) is 5.69 Å². The third-order valence-electron chi connectivity index (χ3n) is 5.73. The van der Waals surface area contributed by atoms with Crippen LogP contribution in [-0.4, -0.2) is 43.8 Å². The van der Waals surface area contributed by atoms with E-state index in [0.717, 1.165) is 15.6 Å². The van der Waals surface area contributed by atoms with Crippen LogP contribution in [0.4, 0.5) is 10.1 Å². The van der Waals surface area contributed by atoms with Crippen LogP contribution in [0.5, 0.6) is 0 Å². The number of fused-ring (bicyclic) bond motifs is 1. The van der Waals surface area contributed by atoms with Gasteiger partial charge in [-0.2, -0.15) is 0 Å². The Morgan fingerprint density at radius 2 is 1.74 bits per heavy atom. The van der Waals surface area contributed by atoms with Crippen molar-refractivity contribution in [2.45, 2.75) is 25.2 Å². The number of nitrogens with zero attached hydrogens (tertiary/aromatic N) is 3. The average molecular weight is 442 g/mol. The van der Waals surface area contributed by atoms with E-state index in [2.05, 4.69) is 0 Å². The maximum atomic E-state index is 14.4. The van der Waals surface area contributed by atoms with Crippen LogP contribution in [0.15, 0.2) is 53.4 Å². The molecule has 0 saturated heterocycles. The van der Waals surface area contributed by atoms with Crippen LogP contribution in [0, 0.1) is 19.7 Å². The molecular weight excluding hydrogens is 417 g/mol. The van der Waals surface area contributed by atoms with Crippen LogP contribution in [0.1, 0.15) is 27.3 Å². The van der Waals surface area contributed by atoms with Crippen molar-refractivity contribution >= 4 is 21.6 Å². The molecule has 0 unspecified atom stereocenters. The third-order valence-corrected chi connectivity index (χ3v) is 7.54. The van der Waals surface area contributed by atoms with Crippen molar-refractivity contribution in [1.82, 2.24) is 8.87 Å². The normalized spacial score (nSPS) is 13.7. The number of carbonyl (C=O) groups is 1. The minimum Gasteiger partial charge on any atom is -0.315 e. The van der Waals surface area contributed by atoms with Gasteiger partial charge in [0.15, 0.2) is 0 Å². The lowest BCUT2D eigenvalue weighted by molar-refractivity contribution is 0.0988. The zero-order valence-corrected chi connectivity index (χ0v) is 18.7. The van der Waals surface area contributed by atoms with Gasteiger partial charge >= 0.3 is 0 Å². The number of benzene rings is 2. The second kappa shape index (κ2) is 7.62. The quantitative estimate of drug-likeness (QED) is 0.620. The number of carbonyl (C=O) groups excluding carboxylic acids is 1. The number of hydrogen-bond acceptors (Lipinski definition) is 3. The zero-order valence-electron chi connectivity index (χ0n) is 17.9. The molecule has 0 spiro atoms. The number of sulfonamides is 1. The Kier molecular flexibility index (Phi) is 5.23. The van der Waals surface area contributed by atoms with E-state index >= 15 is 0 Å². The topological polar surface area (TPSA) is 62.6 Å². The van der Waals surface area contributed by atoms with Gasteiger partial charge in [-0.1, -0.05) is 18.2 Å². The Balaban J connectivity index is 1.76. The summed E-state index contributed by atoms with van der Waals surface area (Å²) in [6, 6.07) is 13.1. The Morgan fingerprint density at radius 1 is 1.03 bits per heavy atom. The summed E-state index contributed by atoms with van der Waals surface area (Å²) in [7, 11) is -0.664. The Labute approximate surface area is 181 Å². The fourth-order valence-electron chi connectivity index (χ4n) is 4.07. The Bertz CT molecular complexity index is 1300. The molecule has 0 fully saturated rings. The molecule has 3 aromatic rings. The van der Waals surface area contributed by atoms with Gasteiger partial charge < -0.3 is 9.47 Å². The van der Waals surface area contributed by atoms with Crippen LogP contribution in [-0.2, 0) is 16.4 Å². The summed E-state index contributed by atoms with van der Waals surface area (Å²) in [5.74, 6) is -0.595. The van der Waals surface area contributed by atoms with Gasteiger partial charge in [-0.25, -0.2) is 17.1 Å². The lowest BCUT2D eigenvalue weighted by atomic mass is 10.1. The summed E-state index contributed by atoms with van der Waals surface area (Å²) in [4.78, 5) is 15.2. The molecule has 4 rings (SSSR count). The maximum Gasteiger partial charge on any atom is 0.260 e. The number of anilines is 1. The highest BCUT2D eigenvalue weighted by molar-refractivity contribution is 7.89. The predicted molar refractivity (Wildman–Crippen MR) is 118 cm³/mol. The maximum absolute atomic E-state index is 14.4. The molecule has 0 saturated carbocycles. The Morgan fingerprint density at radius 3 is 2.42 bits per heavy atom. The first kappa shape index (κ1) is 21.3. The SMILES string of the molecule is Cc1cc(C(=O)N2CCc3ccc(S(=O)(=O)N(C)C)cc32)c(C)n1-c1ccccc1F. The highest BCUT2D eigenvalue weighted by Crippen LogP contribution is 2.33. The largest absolute Gasteiger partial charge is 0.315 e. The summed E-state index contributed by atoms with van der Waals surface area (Å²) >= 11 is 0.